The molecule has 5 heteroatoms. The van der Waals surface area contributed by atoms with Crippen molar-refractivity contribution in [2.45, 2.75) is 46.0 Å². The van der Waals surface area contributed by atoms with Crippen LogP contribution in [0.15, 0.2) is 10.5 Å². The molecule has 1 amide bonds. The van der Waals surface area contributed by atoms with Gasteiger partial charge in [-0.25, -0.2) is 4.79 Å². The first-order chi connectivity index (χ1) is 10.1. The van der Waals surface area contributed by atoms with Crippen LogP contribution in [0.25, 0.3) is 0 Å². The number of amides is 1. The fourth-order valence-corrected chi connectivity index (χ4v) is 2.91. The summed E-state index contributed by atoms with van der Waals surface area (Å²) < 4.78 is 5.46. The average Bonchev–Trinajstić information content (AvgIpc) is 2.77. The zero-order valence-corrected chi connectivity index (χ0v) is 12.7. The number of furan rings is 1. The Labute approximate surface area is 124 Å². The van der Waals surface area contributed by atoms with Crippen LogP contribution in [0.2, 0.25) is 0 Å². The van der Waals surface area contributed by atoms with E-state index in [1.165, 1.54) is 6.07 Å². The van der Waals surface area contributed by atoms with Gasteiger partial charge < -0.3 is 14.4 Å². The number of carboxylic acid groups (broad SMARTS) is 1. The summed E-state index contributed by atoms with van der Waals surface area (Å²) in [6.45, 7) is 5.44. The van der Waals surface area contributed by atoms with Crippen LogP contribution in [0.5, 0.6) is 0 Å². The van der Waals surface area contributed by atoms with E-state index in [-0.39, 0.29) is 17.2 Å². The van der Waals surface area contributed by atoms with Crippen LogP contribution in [0.1, 0.15) is 66.2 Å². The minimum absolute atomic E-state index is 0.0992. The Morgan fingerprint density at radius 2 is 2.10 bits per heavy atom. The van der Waals surface area contributed by atoms with Crippen molar-refractivity contribution in [2.24, 2.45) is 5.92 Å². The minimum atomic E-state index is -1.04. The predicted octanol–water partition coefficient (Wildman–Crippen LogP) is 3.19. The third-order valence-corrected chi connectivity index (χ3v) is 4.28. The molecule has 1 aliphatic heterocycles. The molecule has 0 radical (unpaired) electrons. The second kappa shape index (κ2) is 6.78. The molecule has 1 atom stereocenters. The number of carbonyl (C=O) groups excluding carboxylic acids is 1. The number of carboxylic acids is 1. The van der Waals surface area contributed by atoms with Gasteiger partial charge >= 0.3 is 5.97 Å². The van der Waals surface area contributed by atoms with E-state index in [1.54, 1.807) is 4.90 Å². The smallest absolute Gasteiger partial charge is 0.339 e. The molecule has 1 unspecified atom stereocenters. The molecule has 5 nitrogen and oxygen atoms in total. The minimum Gasteiger partial charge on any atom is -0.478 e. The van der Waals surface area contributed by atoms with Gasteiger partial charge in [-0.05, 0) is 25.2 Å². The number of hydrogen-bond acceptors (Lipinski definition) is 3. The number of aromatic carboxylic acids is 1. The van der Waals surface area contributed by atoms with Crippen molar-refractivity contribution in [2.75, 3.05) is 13.1 Å². The Balaban J connectivity index is 2.14. The summed E-state index contributed by atoms with van der Waals surface area (Å²) in [4.78, 5) is 25.4. The number of carbonyl (C=O) groups is 2. The van der Waals surface area contributed by atoms with Gasteiger partial charge in [-0.2, -0.15) is 0 Å². The Morgan fingerprint density at radius 3 is 2.67 bits per heavy atom. The fraction of sp³-hybridized carbons (Fsp3) is 0.625. The predicted molar refractivity (Wildman–Crippen MR) is 78.6 cm³/mol. The molecule has 1 fully saturated rings. The summed E-state index contributed by atoms with van der Waals surface area (Å²) in [6, 6.07) is 1.37. The highest BCUT2D eigenvalue weighted by molar-refractivity contribution is 5.96. The lowest BCUT2D eigenvalue weighted by Crippen LogP contribution is -2.31. The van der Waals surface area contributed by atoms with Gasteiger partial charge in [0.25, 0.3) is 5.91 Å². The number of likely N-dealkylation sites (tertiary alicyclic amines) is 1. The molecular formula is C16H23NO4. The molecule has 0 bridgehead atoms. The maximum Gasteiger partial charge on any atom is 0.339 e. The van der Waals surface area contributed by atoms with Crippen LogP contribution in [0.3, 0.4) is 0 Å². The van der Waals surface area contributed by atoms with Gasteiger partial charge in [-0.15, -0.1) is 0 Å². The Bertz CT molecular complexity index is 520. The number of rotatable bonds is 4. The highest BCUT2D eigenvalue weighted by Gasteiger charge is 2.25. The van der Waals surface area contributed by atoms with Crippen molar-refractivity contribution >= 4 is 11.9 Å². The molecule has 0 spiro atoms. The maximum absolute atomic E-state index is 12.5. The third-order valence-electron chi connectivity index (χ3n) is 4.28. The molecule has 2 rings (SSSR count). The Morgan fingerprint density at radius 1 is 1.33 bits per heavy atom. The van der Waals surface area contributed by atoms with Crippen molar-refractivity contribution in [3.8, 4) is 0 Å². The summed E-state index contributed by atoms with van der Waals surface area (Å²) in [5.74, 6) is -0.0306. The molecule has 1 aliphatic rings. The van der Waals surface area contributed by atoms with E-state index in [1.807, 2.05) is 6.92 Å². The molecule has 1 aromatic rings. The Kier molecular flexibility index (Phi) is 5.04. The van der Waals surface area contributed by atoms with Crippen molar-refractivity contribution in [1.82, 2.24) is 4.90 Å². The normalized spacial score (nSPS) is 19.3. The highest BCUT2D eigenvalue weighted by Crippen LogP contribution is 2.23. The number of nitrogens with zero attached hydrogens (tertiary/aromatic N) is 1. The van der Waals surface area contributed by atoms with Crippen molar-refractivity contribution in [3.05, 3.63) is 23.2 Å². The number of hydrogen-bond donors (Lipinski definition) is 1. The molecule has 1 aromatic heterocycles. The van der Waals surface area contributed by atoms with E-state index in [0.29, 0.717) is 18.1 Å². The second-order valence-corrected chi connectivity index (χ2v) is 5.60. The van der Waals surface area contributed by atoms with E-state index in [2.05, 4.69) is 6.92 Å². The second-order valence-electron chi connectivity index (χ2n) is 5.60. The van der Waals surface area contributed by atoms with Crippen molar-refractivity contribution < 1.29 is 19.1 Å². The van der Waals surface area contributed by atoms with E-state index in [9.17, 15) is 9.59 Å². The molecule has 1 saturated heterocycles. The SMILES string of the molecule is CCc1oc(C(=O)N2CCCC(CC)CC2)cc1C(=O)O. The average molecular weight is 293 g/mol. The Hall–Kier alpha value is -1.78. The molecule has 0 aliphatic carbocycles. The van der Waals surface area contributed by atoms with Gasteiger partial charge in [0.15, 0.2) is 5.76 Å². The molecule has 1 N–H and O–H groups in total. The topological polar surface area (TPSA) is 70.8 Å². The quantitative estimate of drug-likeness (QED) is 0.925. The van der Waals surface area contributed by atoms with E-state index < -0.39 is 5.97 Å². The highest BCUT2D eigenvalue weighted by atomic mass is 16.4. The lowest BCUT2D eigenvalue weighted by atomic mass is 9.98. The lowest BCUT2D eigenvalue weighted by molar-refractivity contribution is 0.0691. The first-order valence-electron chi connectivity index (χ1n) is 7.72. The summed E-state index contributed by atoms with van der Waals surface area (Å²) in [7, 11) is 0. The van der Waals surface area contributed by atoms with E-state index in [0.717, 1.165) is 38.8 Å². The monoisotopic (exact) mass is 293 g/mol. The molecular weight excluding hydrogens is 270 g/mol. The summed E-state index contributed by atoms with van der Waals surface area (Å²) in [5.41, 5.74) is 0.0992. The van der Waals surface area contributed by atoms with Gasteiger partial charge in [0.2, 0.25) is 0 Å². The van der Waals surface area contributed by atoms with Gasteiger partial charge in [0.05, 0.1) is 0 Å². The van der Waals surface area contributed by atoms with Crippen molar-refractivity contribution in [3.63, 3.8) is 0 Å². The number of aryl methyl sites for hydroxylation is 1. The first kappa shape index (κ1) is 15.6. The van der Waals surface area contributed by atoms with Crippen LogP contribution in [-0.2, 0) is 6.42 Å². The largest absolute Gasteiger partial charge is 0.478 e. The van der Waals surface area contributed by atoms with Crippen molar-refractivity contribution in [1.29, 1.82) is 0 Å². The van der Waals surface area contributed by atoms with Gasteiger partial charge in [0, 0.05) is 25.6 Å². The van der Waals surface area contributed by atoms with Gasteiger partial charge in [-0.3, -0.25) is 4.79 Å². The van der Waals surface area contributed by atoms with Gasteiger partial charge in [-0.1, -0.05) is 20.3 Å². The van der Waals surface area contributed by atoms with E-state index >= 15 is 0 Å². The summed E-state index contributed by atoms with van der Waals surface area (Å²) >= 11 is 0. The van der Waals surface area contributed by atoms with Crippen LogP contribution >= 0.6 is 0 Å². The fourth-order valence-electron chi connectivity index (χ4n) is 2.91. The van der Waals surface area contributed by atoms with Crippen LogP contribution < -0.4 is 0 Å². The molecule has 116 valence electrons. The van der Waals surface area contributed by atoms with Crippen LogP contribution in [0.4, 0.5) is 0 Å². The zero-order valence-electron chi connectivity index (χ0n) is 12.7. The third kappa shape index (κ3) is 3.46. The summed E-state index contributed by atoms with van der Waals surface area (Å²) in [5, 5.41) is 9.13. The molecule has 21 heavy (non-hydrogen) atoms. The molecule has 0 saturated carbocycles. The van der Waals surface area contributed by atoms with Crippen LogP contribution in [-0.4, -0.2) is 35.0 Å². The summed E-state index contributed by atoms with van der Waals surface area (Å²) in [6.07, 6.45) is 4.77. The maximum atomic E-state index is 12.5. The zero-order chi connectivity index (χ0) is 15.4. The lowest BCUT2D eigenvalue weighted by Gasteiger charge is -2.19. The van der Waals surface area contributed by atoms with Gasteiger partial charge in [0.1, 0.15) is 11.3 Å². The standard InChI is InChI=1S/C16H23NO4/c1-3-11-6-5-8-17(9-7-11)15(18)14-10-12(16(19)20)13(4-2)21-14/h10-11H,3-9H2,1-2H3,(H,19,20). The molecule has 2 heterocycles. The van der Waals surface area contributed by atoms with E-state index in [4.69, 9.17) is 9.52 Å². The first-order valence-corrected chi connectivity index (χ1v) is 7.72. The van der Waals surface area contributed by atoms with Crippen LogP contribution in [0, 0.1) is 5.92 Å². The molecule has 0 aromatic carbocycles.